The molecule has 1 fully saturated rings. The van der Waals surface area contributed by atoms with Gasteiger partial charge in [0.05, 0.1) is 10.4 Å². The average molecular weight is 455 g/mol. The van der Waals surface area contributed by atoms with Crippen LogP contribution >= 0.6 is 23.4 Å². The van der Waals surface area contributed by atoms with Crippen molar-refractivity contribution in [1.82, 2.24) is 34.8 Å². The van der Waals surface area contributed by atoms with Gasteiger partial charge in [-0.1, -0.05) is 18.5 Å². The molecule has 5 heterocycles. The monoisotopic (exact) mass is 454 g/mol. The van der Waals surface area contributed by atoms with E-state index in [1.807, 2.05) is 6.07 Å². The van der Waals surface area contributed by atoms with Gasteiger partial charge in [0, 0.05) is 48.3 Å². The van der Waals surface area contributed by atoms with Gasteiger partial charge in [-0.25, -0.2) is 19.9 Å². The predicted molar refractivity (Wildman–Crippen MR) is 124 cm³/mol. The topological polar surface area (TPSA) is 86.7 Å². The van der Waals surface area contributed by atoms with E-state index in [2.05, 4.69) is 50.8 Å². The van der Waals surface area contributed by atoms with Gasteiger partial charge >= 0.3 is 0 Å². The maximum absolute atomic E-state index is 6.74. The maximum Gasteiger partial charge on any atom is 0.196 e. The molecule has 160 valence electrons. The highest BCUT2D eigenvalue weighted by Gasteiger charge is 2.28. The van der Waals surface area contributed by atoms with Crippen molar-refractivity contribution in [3.05, 3.63) is 35.4 Å². The van der Waals surface area contributed by atoms with Crippen LogP contribution in [-0.2, 0) is 6.42 Å². The molecule has 0 aromatic carbocycles. The standard InChI is InChI=1S/C21H23ClN8S/c1-4-14-17(22)16-19(26-14)27-21(28-20(16)30-8-5-12(11-30)29(2)3)31-13-9-15-18(25-10-13)24-7-6-23-15/h6-7,9-10,12H,4-5,8,11H2,1-3H3,(H,26,27,28)/t12-/m0/s1. The highest BCUT2D eigenvalue weighted by atomic mass is 35.5. The number of anilines is 1. The average Bonchev–Trinajstić information content (AvgIpc) is 3.38. The Bertz CT molecular complexity index is 1260. The Morgan fingerprint density at radius 3 is 2.84 bits per heavy atom. The third kappa shape index (κ3) is 3.81. The van der Waals surface area contributed by atoms with Gasteiger partial charge in [-0.15, -0.1) is 0 Å². The molecule has 1 aliphatic heterocycles. The number of halogens is 1. The molecule has 0 amide bonds. The second-order valence-electron chi connectivity index (χ2n) is 7.85. The molecule has 4 aromatic rings. The van der Waals surface area contributed by atoms with Crippen molar-refractivity contribution < 1.29 is 0 Å². The highest BCUT2D eigenvalue weighted by molar-refractivity contribution is 7.99. The van der Waals surface area contributed by atoms with Crippen molar-refractivity contribution in [2.24, 2.45) is 0 Å². The van der Waals surface area contributed by atoms with Gasteiger partial charge in [-0.05, 0) is 44.8 Å². The summed E-state index contributed by atoms with van der Waals surface area (Å²) in [6.07, 6.45) is 7.00. The molecule has 0 unspecified atom stereocenters. The summed E-state index contributed by atoms with van der Waals surface area (Å²) in [4.78, 5) is 31.6. The van der Waals surface area contributed by atoms with Crippen LogP contribution in [0.3, 0.4) is 0 Å². The molecule has 0 radical (unpaired) electrons. The minimum Gasteiger partial charge on any atom is -0.354 e. The minimum absolute atomic E-state index is 0.493. The van der Waals surface area contributed by atoms with E-state index in [0.717, 1.165) is 63.9 Å². The van der Waals surface area contributed by atoms with E-state index in [1.165, 1.54) is 11.8 Å². The molecule has 5 rings (SSSR count). The highest BCUT2D eigenvalue weighted by Crippen LogP contribution is 2.38. The number of aromatic nitrogens is 6. The Kier molecular flexibility index (Phi) is 5.41. The minimum atomic E-state index is 0.493. The van der Waals surface area contributed by atoms with E-state index in [4.69, 9.17) is 21.6 Å². The quantitative estimate of drug-likeness (QED) is 0.455. The van der Waals surface area contributed by atoms with Crippen molar-refractivity contribution in [1.29, 1.82) is 0 Å². The van der Waals surface area contributed by atoms with Gasteiger partial charge in [0.15, 0.2) is 10.8 Å². The Morgan fingerprint density at radius 2 is 2.06 bits per heavy atom. The van der Waals surface area contributed by atoms with Gasteiger partial charge in [0.25, 0.3) is 0 Å². The molecule has 4 aromatic heterocycles. The van der Waals surface area contributed by atoms with E-state index in [9.17, 15) is 0 Å². The summed E-state index contributed by atoms with van der Waals surface area (Å²) in [5, 5.41) is 2.28. The molecule has 8 nitrogen and oxygen atoms in total. The van der Waals surface area contributed by atoms with Crippen molar-refractivity contribution in [3.8, 4) is 0 Å². The van der Waals surface area contributed by atoms with Crippen LogP contribution in [0.25, 0.3) is 22.2 Å². The number of hydrogen-bond donors (Lipinski definition) is 1. The van der Waals surface area contributed by atoms with Crippen LogP contribution in [0.1, 0.15) is 19.0 Å². The third-order valence-electron chi connectivity index (χ3n) is 5.68. The van der Waals surface area contributed by atoms with Crippen LogP contribution in [0, 0.1) is 0 Å². The Labute approximate surface area is 189 Å². The normalized spacial score (nSPS) is 16.8. The fourth-order valence-electron chi connectivity index (χ4n) is 3.94. The summed E-state index contributed by atoms with van der Waals surface area (Å²) in [6.45, 7) is 3.94. The van der Waals surface area contributed by atoms with Crippen molar-refractivity contribution in [2.75, 3.05) is 32.1 Å². The van der Waals surface area contributed by atoms with E-state index in [1.54, 1.807) is 18.6 Å². The number of rotatable bonds is 5. The van der Waals surface area contributed by atoms with E-state index in [0.29, 0.717) is 16.8 Å². The predicted octanol–water partition coefficient (Wildman–Crippen LogP) is 3.80. The third-order valence-corrected chi connectivity index (χ3v) is 6.92. The molecule has 1 N–H and O–H groups in total. The zero-order valence-electron chi connectivity index (χ0n) is 17.6. The fourth-order valence-corrected chi connectivity index (χ4v) is 5.06. The Hall–Kier alpha value is -2.49. The first-order valence-electron chi connectivity index (χ1n) is 10.3. The van der Waals surface area contributed by atoms with Crippen LogP contribution in [0.2, 0.25) is 5.02 Å². The number of H-pyrrole nitrogens is 1. The molecule has 10 heteroatoms. The molecule has 1 aliphatic rings. The Morgan fingerprint density at radius 1 is 1.23 bits per heavy atom. The number of fused-ring (bicyclic) bond motifs is 2. The number of aromatic amines is 1. The first-order chi connectivity index (χ1) is 15.0. The largest absolute Gasteiger partial charge is 0.354 e. The zero-order chi connectivity index (χ0) is 21.5. The second kappa shape index (κ2) is 8.22. The molecule has 0 spiro atoms. The smallest absolute Gasteiger partial charge is 0.196 e. The number of hydrogen-bond acceptors (Lipinski definition) is 8. The number of nitrogens with zero attached hydrogens (tertiary/aromatic N) is 7. The van der Waals surface area contributed by atoms with Gasteiger partial charge in [-0.2, -0.15) is 0 Å². The lowest BCUT2D eigenvalue weighted by molar-refractivity contribution is 0.315. The summed E-state index contributed by atoms with van der Waals surface area (Å²) in [5.74, 6) is 0.895. The number of nitrogens with one attached hydrogen (secondary N) is 1. The molecular weight excluding hydrogens is 432 g/mol. The lowest BCUT2D eigenvalue weighted by Gasteiger charge is -2.22. The first-order valence-corrected chi connectivity index (χ1v) is 11.5. The second-order valence-corrected chi connectivity index (χ2v) is 9.27. The summed E-state index contributed by atoms with van der Waals surface area (Å²) < 4.78 is 0. The van der Waals surface area contributed by atoms with Crippen molar-refractivity contribution in [2.45, 2.75) is 35.9 Å². The summed E-state index contributed by atoms with van der Waals surface area (Å²) >= 11 is 8.20. The number of aryl methyl sites for hydroxylation is 1. The van der Waals surface area contributed by atoms with Crippen LogP contribution in [0.5, 0.6) is 0 Å². The van der Waals surface area contributed by atoms with E-state index >= 15 is 0 Å². The summed E-state index contributed by atoms with van der Waals surface area (Å²) in [5.41, 5.74) is 3.13. The lowest BCUT2D eigenvalue weighted by Crippen LogP contribution is -2.31. The molecule has 31 heavy (non-hydrogen) atoms. The Balaban J connectivity index is 1.57. The fraction of sp³-hybridized carbons (Fsp3) is 0.381. The molecule has 0 saturated carbocycles. The molecular formula is C21H23ClN8S. The number of pyridine rings is 1. The first kappa shape index (κ1) is 20.4. The number of likely N-dealkylation sites (N-methyl/N-ethyl adjacent to an activating group) is 1. The van der Waals surface area contributed by atoms with Crippen LogP contribution in [-0.4, -0.2) is 68.0 Å². The lowest BCUT2D eigenvalue weighted by atomic mass is 10.2. The van der Waals surface area contributed by atoms with Crippen LogP contribution in [0.4, 0.5) is 5.82 Å². The van der Waals surface area contributed by atoms with Crippen LogP contribution < -0.4 is 4.90 Å². The molecule has 1 saturated heterocycles. The molecule has 0 aliphatic carbocycles. The summed E-state index contributed by atoms with van der Waals surface area (Å²) in [7, 11) is 4.25. The molecule has 1 atom stereocenters. The zero-order valence-corrected chi connectivity index (χ0v) is 19.2. The molecule has 0 bridgehead atoms. The van der Waals surface area contributed by atoms with Crippen LogP contribution in [0.15, 0.2) is 34.7 Å². The van der Waals surface area contributed by atoms with Crippen molar-refractivity contribution >= 4 is 51.4 Å². The van der Waals surface area contributed by atoms with E-state index < -0.39 is 0 Å². The summed E-state index contributed by atoms with van der Waals surface area (Å²) in [6, 6.07) is 2.46. The van der Waals surface area contributed by atoms with Crippen molar-refractivity contribution in [3.63, 3.8) is 0 Å². The SMILES string of the molecule is CCc1[nH]c2nc(Sc3cnc4nccnc4c3)nc(N3CC[C@H](N(C)C)C3)c2c1Cl. The van der Waals surface area contributed by atoms with Gasteiger partial charge in [0.2, 0.25) is 0 Å². The van der Waals surface area contributed by atoms with Gasteiger partial charge in [0.1, 0.15) is 17.0 Å². The van der Waals surface area contributed by atoms with E-state index in [-0.39, 0.29) is 0 Å². The van der Waals surface area contributed by atoms with Gasteiger partial charge < -0.3 is 14.8 Å². The van der Waals surface area contributed by atoms with Gasteiger partial charge in [-0.3, -0.25) is 4.98 Å². The maximum atomic E-state index is 6.74.